The number of amides is 3. The van der Waals surface area contributed by atoms with Crippen molar-refractivity contribution in [2.75, 3.05) is 11.9 Å². The average Bonchev–Trinajstić information content (AvgIpc) is 3.03. The number of rotatable bonds is 6. The molecule has 0 bridgehead atoms. The summed E-state index contributed by atoms with van der Waals surface area (Å²) in [5.41, 5.74) is 0.700. The molecule has 0 spiro atoms. The number of carbonyl (C=O) groups excluding carboxylic acids is 3. The molecule has 3 N–H and O–H groups in total. The summed E-state index contributed by atoms with van der Waals surface area (Å²) < 4.78 is 10.7. The third kappa shape index (κ3) is 7.43. The van der Waals surface area contributed by atoms with E-state index in [2.05, 4.69) is 31.9 Å². The van der Waals surface area contributed by atoms with Gasteiger partial charge in [0.25, 0.3) is 5.91 Å². The van der Waals surface area contributed by atoms with Gasteiger partial charge in [-0.3, -0.25) is 9.59 Å². The molecule has 1 aromatic carbocycles. The van der Waals surface area contributed by atoms with E-state index in [1.807, 2.05) is 6.07 Å². The maximum Gasteiger partial charge on any atom is 0.408 e. The molecule has 0 atom stereocenters. The van der Waals surface area contributed by atoms with Gasteiger partial charge in [-0.1, -0.05) is 12.1 Å². The molecule has 0 aliphatic carbocycles. The maximum absolute atomic E-state index is 12.0. The van der Waals surface area contributed by atoms with Crippen molar-refractivity contribution in [3.05, 3.63) is 52.4 Å². The largest absolute Gasteiger partial charge is 0.444 e. The molecule has 0 saturated heterocycles. The summed E-state index contributed by atoms with van der Waals surface area (Å²) in [5.74, 6) is -0.543. The van der Waals surface area contributed by atoms with Crippen molar-refractivity contribution in [1.29, 1.82) is 0 Å². The number of nitrogens with one attached hydrogen (secondary N) is 3. The van der Waals surface area contributed by atoms with Crippen LogP contribution >= 0.6 is 15.9 Å². The molecule has 2 rings (SSSR count). The van der Waals surface area contributed by atoms with Crippen LogP contribution in [0.3, 0.4) is 0 Å². The normalized spacial score (nSPS) is 10.9. The van der Waals surface area contributed by atoms with Gasteiger partial charge in [-0.25, -0.2) is 4.79 Å². The van der Waals surface area contributed by atoms with E-state index in [0.717, 1.165) is 5.56 Å². The number of hydrogen-bond acceptors (Lipinski definition) is 5. The second kappa shape index (κ2) is 9.41. The fourth-order valence-electron chi connectivity index (χ4n) is 2.14. The van der Waals surface area contributed by atoms with Crippen LogP contribution in [0.1, 0.15) is 36.9 Å². The summed E-state index contributed by atoms with van der Waals surface area (Å²) in [6.07, 6.45) is -0.663. The number of benzene rings is 1. The van der Waals surface area contributed by atoms with Gasteiger partial charge in [-0.2, -0.15) is 0 Å². The van der Waals surface area contributed by atoms with Crippen LogP contribution in [0, 0.1) is 0 Å². The summed E-state index contributed by atoms with van der Waals surface area (Å²) in [6.45, 7) is 5.26. The Bertz CT molecular complexity index is 857. The molecule has 0 saturated carbocycles. The Hall–Kier alpha value is -2.81. The van der Waals surface area contributed by atoms with Crippen LogP contribution < -0.4 is 16.0 Å². The first kappa shape index (κ1) is 21.5. The molecule has 3 amide bonds. The van der Waals surface area contributed by atoms with Gasteiger partial charge in [-0.15, -0.1) is 0 Å². The fourth-order valence-corrected chi connectivity index (χ4v) is 2.44. The lowest BCUT2D eigenvalue weighted by Crippen LogP contribution is -2.37. The molecular weight excluding hydrogens is 430 g/mol. The lowest BCUT2D eigenvalue weighted by atomic mass is 10.2. The van der Waals surface area contributed by atoms with E-state index in [1.165, 1.54) is 0 Å². The van der Waals surface area contributed by atoms with Crippen molar-refractivity contribution in [1.82, 2.24) is 10.6 Å². The summed E-state index contributed by atoms with van der Waals surface area (Å²) in [5, 5.41) is 7.80. The van der Waals surface area contributed by atoms with Crippen molar-refractivity contribution in [2.24, 2.45) is 0 Å². The molecule has 8 nitrogen and oxygen atoms in total. The maximum atomic E-state index is 12.0. The number of carbonyl (C=O) groups is 3. The van der Waals surface area contributed by atoms with Crippen LogP contribution in [-0.4, -0.2) is 30.1 Å². The lowest BCUT2D eigenvalue weighted by molar-refractivity contribution is -0.115. The Morgan fingerprint density at radius 1 is 1.11 bits per heavy atom. The van der Waals surface area contributed by atoms with Gasteiger partial charge >= 0.3 is 6.09 Å². The number of hydrogen-bond donors (Lipinski definition) is 3. The Morgan fingerprint density at radius 2 is 1.86 bits per heavy atom. The van der Waals surface area contributed by atoms with Crippen LogP contribution in [0.25, 0.3) is 0 Å². The highest BCUT2D eigenvalue weighted by Crippen LogP contribution is 2.14. The van der Waals surface area contributed by atoms with Gasteiger partial charge in [0.2, 0.25) is 5.91 Å². The Morgan fingerprint density at radius 3 is 2.50 bits per heavy atom. The summed E-state index contributed by atoms with van der Waals surface area (Å²) in [4.78, 5) is 35.5. The topological polar surface area (TPSA) is 110 Å². The van der Waals surface area contributed by atoms with E-state index in [9.17, 15) is 14.4 Å². The second-order valence-electron chi connectivity index (χ2n) is 6.89. The van der Waals surface area contributed by atoms with Gasteiger partial charge in [-0.05, 0) is 66.5 Å². The van der Waals surface area contributed by atoms with E-state index in [1.54, 1.807) is 51.1 Å². The minimum absolute atomic E-state index is 0.199. The molecule has 2 aromatic rings. The monoisotopic (exact) mass is 451 g/mol. The van der Waals surface area contributed by atoms with Gasteiger partial charge in [0, 0.05) is 12.2 Å². The van der Waals surface area contributed by atoms with Crippen molar-refractivity contribution < 1.29 is 23.5 Å². The molecule has 0 aliphatic heterocycles. The van der Waals surface area contributed by atoms with E-state index < -0.39 is 17.6 Å². The second-order valence-corrected chi connectivity index (χ2v) is 7.67. The van der Waals surface area contributed by atoms with Crippen molar-refractivity contribution in [3.8, 4) is 0 Å². The van der Waals surface area contributed by atoms with Crippen molar-refractivity contribution in [2.45, 2.75) is 32.9 Å². The standard InChI is InChI=1S/C19H22BrN3O5/c1-19(2,3)28-18(26)22-11-16(24)23-13-6-4-5-12(9-13)10-21-17(25)14-7-8-15(20)27-14/h4-9H,10-11H2,1-3H3,(H,21,25)(H,22,26)(H,23,24). The van der Waals surface area contributed by atoms with E-state index in [0.29, 0.717) is 10.4 Å². The number of halogens is 1. The van der Waals surface area contributed by atoms with E-state index >= 15 is 0 Å². The first-order valence-corrected chi connectivity index (χ1v) is 9.31. The molecule has 0 aliphatic rings. The van der Waals surface area contributed by atoms with Crippen LogP contribution in [-0.2, 0) is 16.1 Å². The molecule has 0 radical (unpaired) electrons. The molecule has 150 valence electrons. The van der Waals surface area contributed by atoms with E-state index in [-0.39, 0.29) is 24.8 Å². The summed E-state index contributed by atoms with van der Waals surface area (Å²) >= 11 is 3.14. The minimum Gasteiger partial charge on any atom is -0.444 e. The molecule has 0 unspecified atom stereocenters. The lowest BCUT2D eigenvalue weighted by Gasteiger charge is -2.19. The highest BCUT2D eigenvalue weighted by atomic mass is 79.9. The summed E-state index contributed by atoms with van der Waals surface area (Å²) in [7, 11) is 0. The smallest absolute Gasteiger partial charge is 0.408 e. The van der Waals surface area contributed by atoms with Gasteiger partial charge in [0.15, 0.2) is 10.4 Å². The minimum atomic E-state index is -0.663. The SMILES string of the molecule is CC(C)(C)OC(=O)NCC(=O)Nc1cccc(CNC(=O)c2ccc(Br)o2)c1. The third-order valence-electron chi connectivity index (χ3n) is 3.25. The molecule has 28 heavy (non-hydrogen) atoms. The average molecular weight is 452 g/mol. The van der Waals surface area contributed by atoms with Crippen LogP contribution in [0.5, 0.6) is 0 Å². The highest BCUT2D eigenvalue weighted by Gasteiger charge is 2.16. The molecule has 1 aromatic heterocycles. The quantitative estimate of drug-likeness (QED) is 0.622. The summed E-state index contributed by atoms with van der Waals surface area (Å²) in [6, 6.07) is 10.2. The molecule has 9 heteroatoms. The zero-order valence-corrected chi connectivity index (χ0v) is 17.4. The predicted molar refractivity (Wildman–Crippen MR) is 107 cm³/mol. The number of furan rings is 1. The Balaban J connectivity index is 1.82. The van der Waals surface area contributed by atoms with Crippen LogP contribution in [0.2, 0.25) is 0 Å². The first-order chi connectivity index (χ1) is 13.1. The van der Waals surface area contributed by atoms with Crippen LogP contribution in [0.4, 0.5) is 10.5 Å². The van der Waals surface area contributed by atoms with Gasteiger partial charge < -0.3 is 25.1 Å². The first-order valence-electron chi connectivity index (χ1n) is 8.51. The molecular formula is C19H22BrN3O5. The Labute approximate surface area is 171 Å². The third-order valence-corrected chi connectivity index (χ3v) is 3.68. The Kier molecular flexibility index (Phi) is 7.22. The van der Waals surface area contributed by atoms with Crippen LogP contribution in [0.15, 0.2) is 45.5 Å². The number of ether oxygens (including phenoxy) is 1. The number of anilines is 1. The zero-order chi connectivity index (χ0) is 20.7. The van der Waals surface area contributed by atoms with Crippen molar-refractivity contribution >= 4 is 39.5 Å². The zero-order valence-electron chi connectivity index (χ0n) is 15.8. The van der Waals surface area contributed by atoms with Gasteiger partial charge in [0.1, 0.15) is 12.1 Å². The fraction of sp³-hybridized carbons (Fsp3) is 0.316. The number of alkyl carbamates (subject to hydrolysis) is 1. The predicted octanol–water partition coefficient (Wildman–Crippen LogP) is 3.44. The van der Waals surface area contributed by atoms with E-state index in [4.69, 9.17) is 9.15 Å². The molecule has 1 heterocycles. The van der Waals surface area contributed by atoms with Crippen molar-refractivity contribution in [3.63, 3.8) is 0 Å². The van der Waals surface area contributed by atoms with Gasteiger partial charge in [0.05, 0.1) is 0 Å². The highest BCUT2D eigenvalue weighted by molar-refractivity contribution is 9.10. The molecule has 0 fully saturated rings.